The van der Waals surface area contributed by atoms with Crippen LogP contribution in [0.2, 0.25) is 0 Å². The summed E-state index contributed by atoms with van der Waals surface area (Å²) in [6.45, 7) is 3.51. The first-order valence-electron chi connectivity index (χ1n) is 8.74. The van der Waals surface area contributed by atoms with E-state index in [9.17, 15) is 4.79 Å². The quantitative estimate of drug-likeness (QED) is 0.850. The molecule has 1 amide bonds. The van der Waals surface area contributed by atoms with Crippen molar-refractivity contribution < 1.29 is 18.8 Å². The van der Waals surface area contributed by atoms with Crippen LogP contribution in [-0.2, 0) is 11.2 Å². The molecular weight excluding hydrogens is 322 g/mol. The molecule has 7 nitrogen and oxygen atoms in total. The van der Waals surface area contributed by atoms with Gasteiger partial charge in [-0.15, -0.1) is 0 Å². The number of piperidine rings is 1. The van der Waals surface area contributed by atoms with Crippen LogP contribution in [0.5, 0.6) is 11.5 Å². The fourth-order valence-electron chi connectivity index (χ4n) is 3.30. The van der Waals surface area contributed by atoms with E-state index in [2.05, 4.69) is 10.1 Å². The number of benzene rings is 1. The van der Waals surface area contributed by atoms with Gasteiger partial charge in [0.15, 0.2) is 17.3 Å². The predicted octanol–water partition coefficient (Wildman–Crippen LogP) is 2.18. The minimum Gasteiger partial charge on any atom is -0.485 e. The number of ether oxygens (including phenoxy) is 2. The van der Waals surface area contributed by atoms with E-state index in [0.717, 1.165) is 19.3 Å². The van der Waals surface area contributed by atoms with E-state index in [1.54, 1.807) is 0 Å². The first-order valence-corrected chi connectivity index (χ1v) is 8.74. The maximum absolute atomic E-state index is 12.9. The van der Waals surface area contributed by atoms with E-state index in [1.807, 2.05) is 36.1 Å². The summed E-state index contributed by atoms with van der Waals surface area (Å²) in [5, 5.41) is 3.96. The van der Waals surface area contributed by atoms with Crippen LogP contribution in [-0.4, -0.2) is 46.7 Å². The first-order chi connectivity index (χ1) is 12.2. The fraction of sp³-hybridized carbons (Fsp3) is 0.500. The Morgan fingerprint density at radius 2 is 2.16 bits per heavy atom. The number of carbonyl (C=O) groups excluding carboxylic acids is 1. The number of hydrogen-bond donors (Lipinski definition) is 0. The lowest BCUT2D eigenvalue weighted by atomic mass is 9.97. The van der Waals surface area contributed by atoms with Crippen molar-refractivity contribution in [3.05, 3.63) is 36.0 Å². The average molecular weight is 343 g/mol. The number of amides is 1. The van der Waals surface area contributed by atoms with E-state index >= 15 is 0 Å². The molecule has 7 heteroatoms. The monoisotopic (exact) mass is 343 g/mol. The van der Waals surface area contributed by atoms with E-state index < -0.39 is 6.10 Å². The van der Waals surface area contributed by atoms with Gasteiger partial charge in [0, 0.05) is 19.5 Å². The van der Waals surface area contributed by atoms with Gasteiger partial charge in [-0.3, -0.25) is 4.79 Å². The van der Waals surface area contributed by atoms with Gasteiger partial charge < -0.3 is 18.9 Å². The molecule has 0 saturated carbocycles. The lowest BCUT2D eigenvalue weighted by molar-refractivity contribution is -0.142. The average Bonchev–Trinajstić information content (AvgIpc) is 3.16. The van der Waals surface area contributed by atoms with Crippen LogP contribution >= 0.6 is 0 Å². The van der Waals surface area contributed by atoms with E-state index in [-0.39, 0.29) is 18.4 Å². The predicted molar refractivity (Wildman–Crippen MR) is 88.6 cm³/mol. The molecule has 1 fully saturated rings. The number of hydrogen-bond acceptors (Lipinski definition) is 6. The van der Waals surface area contributed by atoms with Crippen LogP contribution in [0.4, 0.5) is 0 Å². The summed E-state index contributed by atoms with van der Waals surface area (Å²) in [6.07, 6.45) is 1.98. The Bertz CT molecular complexity index is 760. The number of aryl methyl sites for hydroxylation is 1. The number of aromatic nitrogens is 2. The summed E-state index contributed by atoms with van der Waals surface area (Å²) >= 11 is 0. The number of carbonyl (C=O) groups is 1. The molecule has 1 aromatic heterocycles. The van der Waals surface area contributed by atoms with Gasteiger partial charge in [-0.2, -0.15) is 4.98 Å². The summed E-state index contributed by atoms with van der Waals surface area (Å²) in [7, 11) is 0. The highest BCUT2D eigenvalue weighted by molar-refractivity contribution is 5.82. The maximum atomic E-state index is 12.9. The van der Waals surface area contributed by atoms with Crippen LogP contribution in [0.15, 0.2) is 28.8 Å². The molecule has 2 aliphatic rings. The van der Waals surface area contributed by atoms with Crippen LogP contribution in [0, 0.1) is 0 Å². The van der Waals surface area contributed by atoms with Crippen molar-refractivity contribution in [2.24, 2.45) is 0 Å². The third-order valence-electron chi connectivity index (χ3n) is 4.67. The minimum absolute atomic E-state index is 0.0468. The van der Waals surface area contributed by atoms with Crippen molar-refractivity contribution in [1.82, 2.24) is 15.0 Å². The third-order valence-corrected chi connectivity index (χ3v) is 4.67. The van der Waals surface area contributed by atoms with E-state index in [0.29, 0.717) is 36.3 Å². The highest BCUT2D eigenvalue weighted by Gasteiger charge is 2.35. The third kappa shape index (κ3) is 3.18. The van der Waals surface area contributed by atoms with Crippen molar-refractivity contribution >= 4 is 5.91 Å². The molecule has 4 rings (SSSR count). The molecule has 2 aromatic rings. The molecule has 0 unspecified atom stereocenters. The molecule has 0 spiro atoms. The number of rotatable bonds is 3. The fourth-order valence-corrected chi connectivity index (χ4v) is 3.30. The summed E-state index contributed by atoms with van der Waals surface area (Å²) < 4.78 is 16.9. The Kier molecular flexibility index (Phi) is 4.29. The van der Waals surface area contributed by atoms with Gasteiger partial charge in [-0.1, -0.05) is 24.2 Å². The highest BCUT2D eigenvalue weighted by Crippen LogP contribution is 2.32. The molecule has 2 atom stereocenters. The molecule has 2 aliphatic heterocycles. The molecule has 3 heterocycles. The van der Waals surface area contributed by atoms with Gasteiger partial charge in [0.05, 0.1) is 5.92 Å². The SMILES string of the molecule is CCc1noc([C@H]2CCCN(C(=O)[C@H]3COc4ccccc4O3)C2)n1. The topological polar surface area (TPSA) is 77.7 Å². The standard InChI is InChI=1S/C18H21N3O4/c1-2-16-19-17(25-20-16)12-6-5-9-21(10-12)18(22)15-11-23-13-7-3-4-8-14(13)24-15/h3-4,7-8,12,15H,2,5-6,9-11H2,1H3/t12-,15+/m0/s1. The Hall–Kier alpha value is -2.57. The zero-order valence-electron chi connectivity index (χ0n) is 14.2. The van der Waals surface area contributed by atoms with Gasteiger partial charge in [0.2, 0.25) is 12.0 Å². The summed E-state index contributed by atoms with van der Waals surface area (Å²) in [6, 6.07) is 7.41. The molecular formula is C18H21N3O4. The second-order valence-electron chi connectivity index (χ2n) is 6.39. The normalized spacial score (nSPS) is 22.7. The van der Waals surface area contributed by atoms with Gasteiger partial charge >= 0.3 is 0 Å². The van der Waals surface area contributed by atoms with Crippen molar-refractivity contribution in [3.8, 4) is 11.5 Å². The summed E-state index contributed by atoms with van der Waals surface area (Å²) in [5.41, 5.74) is 0. The Morgan fingerprint density at radius 3 is 2.96 bits per heavy atom. The first kappa shape index (κ1) is 15.9. The Labute approximate surface area is 145 Å². The van der Waals surface area contributed by atoms with Gasteiger partial charge in [0.1, 0.15) is 6.61 Å². The van der Waals surface area contributed by atoms with Gasteiger partial charge in [-0.05, 0) is 25.0 Å². The number of likely N-dealkylation sites (tertiary alicyclic amines) is 1. The number of para-hydroxylation sites is 2. The van der Waals surface area contributed by atoms with Gasteiger partial charge in [0.25, 0.3) is 5.91 Å². The van der Waals surface area contributed by atoms with Crippen molar-refractivity contribution in [3.63, 3.8) is 0 Å². The molecule has 0 N–H and O–H groups in total. The van der Waals surface area contributed by atoms with Crippen molar-refractivity contribution in [1.29, 1.82) is 0 Å². The molecule has 0 radical (unpaired) electrons. The number of fused-ring (bicyclic) bond motifs is 1. The van der Waals surface area contributed by atoms with Crippen molar-refractivity contribution in [2.45, 2.75) is 38.2 Å². The van der Waals surface area contributed by atoms with Crippen LogP contribution in [0.25, 0.3) is 0 Å². The molecule has 132 valence electrons. The second kappa shape index (κ2) is 6.74. The second-order valence-corrected chi connectivity index (χ2v) is 6.39. The largest absolute Gasteiger partial charge is 0.485 e. The smallest absolute Gasteiger partial charge is 0.267 e. The lowest BCUT2D eigenvalue weighted by Gasteiger charge is -2.35. The minimum atomic E-state index is -0.609. The molecule has 1 aromatic carbocycles. The number of nitrogens with zero attached hydrogens (tertiary/aromatic N) is 3. The van der Waals surface area contributed by atoms with Gasteiger partial charge in [-0.25, -0.2) is 0 Å². The lowest BCUT2D eigenvalue weighted by Crippen LogP contribution is -2.49. The molecule has 1 saturated heterocycles. The van der Waals surface area contributed by atoms with Crippen LogP contribution < -0.4 is 9.47 Å². The van der Waals surface area contributed by atoms with Crippen molar-refractivity contribution in [2.75, 3.05) is 19.7 Å². The zero-order chi connectivity index (χ0) is 17.2. The Balaban J connectivity index is 1.43. The maximum Gasteiger partial charge on any atom is 0.267 e. The summed E-state index contributed by atoms with van der Waals surface area (Å²) in [4.78, 5) is 19.1. The van der Waals surface area contributed by atoms with Crippen LogP contribution in [0.3, 0.4) is 0 Å². The Morgan fingerprint density at radius 1 is 1.32 bits per heavy atom. The molecule has 25 heavy (non-hydrogen) atoms. The van der Waals surface area contributed by atoms with E-state index in [4.69, 9.17) is 14.0 Å². The molecule has 0 bridgehead atoms. The zero-order valence-corrected chi connectivity index (χ0v) is 14.2. The van der Waals surface area contributed by atoms with Crippen LogP contribution in [0.1, 0.15) is 37.4 Å². The molecule has 0 aliphatic carbocycles. The summed E-state index contributed by atoms with van der Waals surface area (Å²) in [5.74, 6) is 2.67. The highest BCUT2D eigenvalue weighted by atomic mass is 16.6. The van der Waals surface area contributed by atoms with E-state index in [1.165, 1.54) is 0 Å².